The van der Waals surface area contributed by atoms with Gasteiger partial charge in [0.05, 0.1) is 4.34 Å². The molecule has 0 atom stereocenters. The molecule has 1 aromatic heterocycles. The molecule has 0 saturated carbocycles. The molecule has 0 aliphatic carbocycles. The zero-order valence-electron chi connectivity index (χ0n) is 11.5. The quantitative estimate of drug-likeness (QED) is 0.306. The topological polar surface area (TPSA) is 36.4 Å². The van der Waals surface area contributed by atoms with Crippen LogP contribution >= 0.6 is 46.9 Å². The Morgan fingerprint density at radius 3 is 2.68 bits per heavy atom. The highest BCUT2D eigenvalue weighted by atomic mass is 127. The van der Waals surface area contributed by atoms with Crippen LogP contribution < -0.4 is 10.6 Å². The molecule has 1 heterocycles. The first kappa shape index (κ1) is 19.0. The van der Waals surface area contributed by atoms with Crippen molar-refractivity contribution in [3.8, 4) is 0 Å². The Hall–Kier alpha value is -0.0100. The molecule has 0 bridgehead atoms. The van der Waals surface area contributed by atoms with Gasteiger partial charge in [-0.2, -0.15) is 0 Å². The van der Waals surface area contributed by atoms with Gasteiger partial charge in [-0.3, -0.25) is 4.99 Å². The fourth-order valence-electron chi connectivity index (χ4n) is 1.48. The molecule has 3 nitrogen and oxygen atoms in total. The van der Waals surface area contributed by atoms with Crippen LogP contribution in [-0.2, 0) is 6.42 Å². The van der Waals surface area contributed by atoms with Gasteiger partial charge >= 0.3 is 0 Å². The highest BCUT2D eigenvalue weighted by molar-refractivity contribution is 14.0. The Balaban J connectivity index is 0.00000324. The van der Waals surface area contributed by atoms with Crippen LogP contribution in [0.1, 0.15) is 31.6 Å². The Labute approximate surface area is 142 Å². The number of guanidine groups is 1. The van der Waals surface area contributed by atoms with Crippen molar-refractivity contribution in [1.82, 2.24) is 10.6 Å². The molecular weight excluding hydrogens is 393 g/mol. The molecule has 0 spiro atoms. The third-order valence-corrected chi connectivity index (χ3v) is 3.71. The largest absolute Gasteiger partial charge is 0.357 e. The lowest BCUT2D eigenvalue weighted by Crippen LogP contribution is -2.38. The molecular formula is C13H23ClIN3S. The molecule has 19 heavy (non-hydrogen) atoms. The van der Waals surface area contributed by atoms with Crippen LogP contribution in [0.5, 0.6) is 0 Å². The monoisotopic (exact) mass is 415 g/mol. The first-order chi connectivity index (χ1) is 8.76. The molecule has 0 unspecified atom stereocenters. The summed E-state index contributed by atoms with van der Waals surface area (Å²) in [4.78, 5) is 5.81. The second kappa shape index (κ2) is 11.8. The van der Waals surface area contributed by atoms with Crippen LogP contribution in [0.2, 0.25) is 4.34 Å². The lowest BCUT2D eigenvalue weighted by atomic mass is 10.3. The molecule has 1 aromatic rings. The number of hydrogen-bond donors (Lipinski definition) is 2. The number of nitrogens with zero attached hydrogens (tertiary/aromatic N) is 1. The second-order valence-corrected chi connectivity index (χ2v) is 5.80. The van der Waals surface area contributed by atoms with E-state index in [0.29, 0.717) is 0 Å². The number of unbranched alkanes of at least 4 members (excludes halogenated alkanes) is 1. The molecule has 0 radical (unpaired) electrons. The molecule has 110 valence electrons. The van der Waals surface area contributed by atoms with Crippen molar-refractivity contribution in [3.63, 3.8) is 0 Å². The lowest BCUT2D eigenvalue weighted by Gasteiger charge is -2.10. The molecule has 2 N–H and O–H groups in total. The zero-order chi connectivity index (χ0) is 13.2. The van der Waals surface area contributed by atoms with E-state index in [9.17, 15) is 0 Å². The van der Waals surface area contributed by atoms with Crippen LogP contribution in [0.25, 0.3) is 0 Å². The Kier molecular flexibility index (Phi) is 11.8. The van der Waals surface area contributed by atoms with Gasteiger partial charge in [0, 0.05) is 24.5 Å². The maximum Gasteiger partial charge on any atom is 0.191 e. The van der Waals surface area contributed by atoms with Crippen LogP contribution in [-0.4, -0.2) is 25.6 Å². The smallest absolute Gasteiger partial charge is 0.191 e. The molecule has 0 fully saturated rings. The van der Waals surface area contributed by atoms with Crippen molar-refractivity contribution in [2.24, 2.45) is 4.99 Å². The molecule has 0 aliphatic heterocycles. The van der Waals surface area contributed by atoms with Gasteiger partial charge in [0.15, 0.2) is 5.96 Å². The minimum absolute atomic E-state index is 0. The van der Waals surface area contributed by atoms with Gasteiger partial charge in [0.25, 0.3) is 0 Å². The van der Waals surface area contributed by atoms with E-state index in [2.05, 4.69) is 35.5 Å². The van der Waals surface area contributed by atoms with Crippen molar-refractivity contribution < 1.29 is 0 Å². The molecule has 0 saturated heterocycles. The summed E-state index contributed by atoms with van der Waals surface area (Å²) >= 11 is 7.54. The predicted molar refractivity (Wildman–Crippen MR) is 97.3 cm³/mol. The number of thiophene rings is 1. The Bertz CT molecular complexity index is 369. The summed E-state index contributed by atoms with van der Waals surface area (Å²) in [7, 11) is 0. The van der Waals surface area contributed by atoms with Crippen LogP contribution in [0.3, 0.4) is 0 Å². The van der Waals surface area contributed by atoms with E-state index in [-0.39, 0.29) is 24.0 Å². The summed E-state index contributed by atoms with van der Waals surface area (Å²) in [6, 6.07) is 4.03. The standard InChI is InChI=1S/C13H22ClN3S.HI/c1-3-5-9-16-13(15-4-2)17-10-8-11-6-7-12(14)18-11;/h6-7H,3-5,8-10H2,1-2H3,(H2,15,16,17);1H. The summed E-state index contributed by atoms with van der Waals surface area (Å²) in [6.45, 7) is 6.92. The Morgan fingerprint density at radius 1 is 1.32 bits per heavy atom. The van der Waals surface area contributed by atoms with Crippen molar-refractivity contribution >= 4 is 52.9 Å². The average molecular weight is 416 g/mol. The van der Waals surface area contributed by atoms with Crippen molar-refractivity contribution in [2.75, 3.05) is 19.6 Å². The van der Waals surface area contributed by atoms with Gasteiger partial charge in [0.1, 0.15) is 0 Å². The number of halogens is 2. The number of aliphatic imine (C=N–C) groups is 1. The summed E-state index contributed by atoms with van der Waals surface area (Å²) in [6.07, 6.45) is 3.29. The van der Waals surface area contributed by atoms with Crippen molar-refractivity contribution in [2.45, 2.75) is 33.1 Å². The van der Waals surface area contributed by atoms with E-state index in [1.165, 1.54) is 11.3 Å². The van der Waals surface area contributed by atoms with Crippen LogP contribution in [0.15, 0.2) is 17.1 Å². The lowest BCUT2D eigenvalue weighted by molar-refractivity contribution is 0.769. The van der Waals surface area contributed by atoms with E-state index in [1.807, 2.05) is 6.07 Å². The molecule has 1 rings (SSSR count). The number of nitrogens with one attached hydrogen (secondary N) is 2. The highest BCUT2D eigenvalue weighted by Gasteiger charge is 1.99. The molecule has 0 aromatic carbocycles. The van der Waals surface area contributed by atoms with E-state index >= 15 is 0 Å². The minimum Gasteiger partial charge on any atom is -0.357 e. The van der Waals surface area contributed by atoms with Gasteiger partial charge in [-0.05, 0) is 31.9 Å². The summed E-state index contributed by atoms with van der Waals surface area (Å²) in [5.74, 6) is 0.911. The Morgan fingerprint density at radius 2 is 2.11 bits per heavy atom. The second-order valence-electron chi connectivity index (χ2n) is 4.00. The summed E-state index contributed by atoms with van der Waals surface area (Å²) in [5.41, 5.74) is 0. The highest BCUT2D eigenvalue weighted by Crippen LogP contribution is 2.21. The van der Waals surface area contributed by atoms with Gasteiger partial charge in [-0.25, -0.2) is 0 Å². The maximum atomic E-state index is 5.90. The maximum absolute atomic E-state index is 5.90. The van der Waals surface area contributed by atoms with Gasteiger partial charge in [-0.15, -0.1) is 35.3 Å². The van der Waals surface area contributed by atoms with Gasteiger partial charge in [-0.1, -0.05) is 24.9 Å². The first-order valence-corrected chi connectivity index (χ1v) is 7.72. The normalized spacial score (nSPS) is 11.0. The molecule has 6 heteroatoms. The molecule has 0 aliphatic rings. The van der Waals surface area contributed by atoms with E-state index < -0.39 is 0 Å². The van der Waals surface area contributed by atoms with Gasteiger partial charge < -0.3 is 10.6 Å². The average Bonchev–Trinajstić information content (AvgIpc) is 2.75. The van der Waals surface area contributed by atoms with E-state index in [1.54, 1.807) is 11.3 Å². The van der Waals surface area contributed by atoms with Gasteiger partial charge in [0.2, 0.25) is 0 Å². The first-order valence-electron chi connectivity index (χ1n) is 6.52. The summed E-state index contributed by atoms with van der Waals surface area (Å²) < 4.78 is 0.855. The SMILES string of the molecule is CCCCN=C(NCC)NCCc1ccc(Cl)s1.I. The third-order valence-electron chi connectivity index (χ3n) is 2.42. The molecule has 0 amide bonds. The number of hydrogen-bond acceptors (Lipinski definition) is 2. The fourth-order valence-corrected chi connectivity index (χ4v) is 2.57. The summed E-state index contributed by atoms with van der Waals surface area (Å²) in [5, 5.41) is 6.59. The van der Waals surface area contributed by atoms with Crippen molar-refractivity contribution in [3.05, 3.63) is 21.3 Å². The van der Waals surface area contributed by atoms with Crippen LogP contribution in [0.4, 0.5) is 0 Å². The minimum atomic E-state index is 0. The van der Waals surface area contributed by atoms with Crippen molar-refractivity contribution in [1.29, 1.82) is 0 Å². The number of rotatable bonds is 7. The predicted octanol–water partition coefficient (Wildman–Crippen LogP) is 3.92. The zero-order valence-corrected chi connectivity index (χ0v) is 15.4. The van der Waals surface area contributed by atoms with E-state index in [4.69, 9.17) is 11.6 Å². The van der Waals surface area contributed by atoms with Crippen LogP contribution in [0, 0.1) is 0 Å². The third kappa shape index (κ3) is 8.70. The fraction of sp³-hybridized carbons (Fsp3) is 0.615. The van der Waals surface area contributed by atoms with E-state index in [0.717, 1.165) is 42.8 Å².